The number of fused-ring (bicyclic) bond motifs is 1. The Labute approximate surface area is 229 Å². The van der Waals surface area contributed by atoms with Crippen LogP contribution in [0.5, 0.6) is 5.75 Å². The fraction of sp³-hybridized carbons (Fsp3) is 0.276. The molecule has 0 fully saturated rings. The summed E-state index contributed by atoms with van der Waals surface area (Å²) in [5, 5.41) is 5.32. The maximum Gasteiger partial charge on any atom is 0.407 e. The molecule has 8 nitrogen and oxygen atoms in total. The molecule has 11 heteroatoms. The van der Waals surface area contributed by atoms with Gasteiger partial charge >= 0.3 is 6.09 Å². The summed E-state index contributed by atoms with van der Waals surface area (Å²) in [5.41, 5.74) is 0.684. The van der Waals surface area contributed by atoms with Crippen LogP contribution in [0.2, 0.25) is 0 Å². The van der Waals surface area contributed by atoms with Crippen molar-refractivity contribution in [2.24, 2.45) is 0 Å². The SMILES string of the molecule is Cc1nc2c(OCc3ccccc3F)cccn2c1C(=O)NC(CNC(=O)OC(C)(C)C)c1ccc(F)c(F)c1. The Morgan fingerprint density at radius 3 is 2.45 bits per heavy atom. The van der Waals surface area contributed by atoms with E-state index < -0.39 is 41.1 Å². The van der Waals surface area contributed by atoms with Crippen LogP contribution in [0.15, 0.2) is 60.8 Å². The highest BCUT2D eigenvalue weighted by Crippen LogP contribution is 2.25. The summed E-state index contributed by atoms with van der Waals surface area (Å²) < 4.78 is 54.3. The number of benzene rings is 2. The quantitative estimate of drug-likeness (QED) is 0.294. The molecule has 1 atom stereocenters. The third-order valence-electron chi connectivity index (χ3n) is 5.85. The molecule has 40 heavy (non-hydrogen) atoms. The number of alkyl carbamates (subject to hydrolysis) is 1. The number of amides is 2. The van der Waals surface area contributed by atoms with E-state index >= 15 is 0 Å². The summed E-state index contributed by atoms with van der Waals surface area (Å²) in [5.74, 6) is -2.81. The first-order valence-corrected chi connectivity index (χ1v) is 12.5. The molecule has 0 aliphatic rings. The van der Waals surface area contributed by atoms with Crippen LogP contribution in [0.25, 0.3) is 5.65 Å². The molecule has 0 aliphatic carbocycles. The molecular formula is C29H29F3N4O4. The van der Waals surface area contributed by atoms with Gasteiger partial charge in [0.15, 0.2) is 23.0 Å². The molecule has 2 aromatic heterocycles. The second-order valence-corrected chi connectivity index (χ2v) is 10.1. The highest BCUT2D eigenvalue weighted by molar-refractivity contribution is 5.95. The van der Waals surface area contributed by atoms with Gasteiger partial charge in [-0.3, -0.25) is 9.20 Å². The first kappa shape index (κ1) is 28.5. The van der Waals surface area contributed by atoms with Gasteiger partial charge in [0.1, 0.15) is 23.7 Å². The smallest absolute Gasteiger partial charge is 0.407 e. The second kappa shape index (κ2) is 11.7. The summed E-state index contributed by atoms with van der Waals surface area (Å²) >= 11 is 0. The number of hydrogen-bond acceptors (Lipinski definition) is 5. The topological polar surface area (TPSA) is 94.0 Å². The summed E-state index contributed by atoms with van der Waals surface area (Å²) in [4.78, 5) is 30.2. The van der Waals surface area contributed by atoms with Gasteiger partial charge in [0.2, 0.25) is 0 Å². The van der Waals surface area contributed by atoms with Gasteiger partial charge in [-0.1, -0.05) is 24.3 Å². The van der Waals surface area contributed by atoms with Crippen LogP contribution < -0.4 is 15.4 Å². The maximum absolute atomic E-state index is 14.1. The predicted molar refractivity (Wildman–Crippen MR) is 141 cm³/mol. The van der Waals surface area contributed by atoms with Crippen LogP contribution in [0.1, 0.15) is 54.1 Å². The molecule has 2 heterocycles. The van der Waals surface area contributed by atoms with E-state index in [-0.39, 0.29) is 24.4 Å². The van der Waals surface area contributed by atoms with E-state index in [1.165, 1.54) is 16.5 Å². The second-order valence-electron chi connectivity index (χ2n) is 10.1. The van der Waals surface area contributed by atoms with E-state index in [2.05, 4.69) is 15.6 Å². The number of imidazole rings is 1. The molecule has 0 saturated heterocycles. The fourth-order valence-electron chi connectivity index (χ4n) is 4.02. The van der Waals surface area contributed by atoms with Gasteiger partial charge < -0.3 is 20.1 Å². The Bertz CT molecular complexity index is 1550. The minimum atomic E-state index is -1.10. The number of halogens is 3. The number of nitrogens with zero attached hydrogens (tertiary/aromatic N) is 2. The summed E-state index contributed by atoms with van der Waals surface area (Å²) in [6.07, 6.45) is 0.878. The van der Waals surface area contributed by atoms with Gasteiger partial charge in [-0.05, 0) is 63.6 Å². The fourth-order valence-corrected chi connectivity index (χ4v) is 4.02. The van der Waals surface area contributed by atoms with Crippen molar-refractivity contribution in [1.82, 2.24) is 20.0 Å². The molecule has 4 rings (SSSR count). The van der Waals surface area contributed by atoms with Crippen LogP contribution in [0.3, 0.4) is 0 Å². The zero-order valence-electron chi connectivity index (χ0n) is 22.4. The van der Waals surface area contributed by atoms with E-state index in [0.717, 1.165) is 12.1 Å². The molecule has 2 amide bonds. The molecule has 4 aromatic rings. The Balaban J connectivity index is 1.59. The number of hydrogen-bond donors (Lipinski definition) is 2. The lowest BCUT2D eigenvalue weighted by Gasteiger charge is -2.23. The van der Waals surface area contributed by atoms with Crippen molar-refractivity contribution in [3.05, 3.63) is 101 Å². The van der Waals surface area contributed by atoms with Gasteiger partial charge in [-0.15, -0.1) is 0 Å². The van der Waals surface area contributed by atoms with E-state index in [1.807, 2.05) is 0 Å². The van der Waals surface area contributed by atoms with Gasteiger partial charge in [-0.2, -0.15) is 0 Å². The van der Waals surface area contributed by atoms with E-state index in [0.29, 0.717) is 22.7 Å². The first-order chi connectivity index (χ1) is 18.9. The maximum atomic E-state index is 14.1. The zero-order chi connectivity index (χ0) is 29.0. The average molecular weight is 555 g/mol. The van der Waals surface area contributed by atoms with Gasteiger partial charge in [0.05, 0.1) is 11.7 Å². The number of nitrogens with one attached hydrogen (secondary N) is 2. The van der Waals surface area contributed by atoms with Gasteiger partial charge in [0, 0.05) is 18.3 Å². The van der Waals surface area contributed by atoms with Crippen molar-refractivity contribution in [2.75, 3.05) is 6.54 Å². The van der Waals surface area contributed by atoms with Crippen molar-refractivity contribution in [1.29, 1.82) is 0 Å². The number of pyridine rings is 1. The zero-order valence-corrected chi connectivity index (χ0v) is 22.4. The van der Waals surface area contributed by atoms with Gasteiger partial charge in [0.25, 0.3) is 5.91 Å². The number of aryl methyl sites for hydroxylation is 1. The van der Waals surface area contributed by atoms with Crippen LogP contribution in [0.4, 0.5) is 18.0 Å². The lowest BCUT2D eigenvalue weighted by molar-refractivity contribution is 0.0519. The first-order valence-electron chi connectivity index (χ1n) is 12.5. The molecule has 0 spiro atoms. The largest absolute Gasteiger partial charge is 0.485 e. The summed E-state index contributed by atoms with van der Waals surface area (Å²) in [6.45, 7) is 6.51. The van der Waals surface area contributed by atoms with E-state index in [1.54, 1.807) is 64.2 Å². The lowest BCUT2D eigenvalue weighted by Crippen LogP contribution is -2.40. The summed E-state index contributed by atoms with van der Waals surface area (Å²) in [7, 11) is 0. The van der Waals surface area contributed by atoms with Crippen LogP contribution in [-0.4, -0.2) is 33.5 Å². The van der Waals surface area contributed by atoms with E-state index in [4.69, 9.17) is 9.47 Å². The Hall–Kier alpha value is -4.54. The molecule has 0 saturated carbocycles. The van der Waals surface area contributed by atoms with Crippen LogP contribution in [0, 0.1) is 24.4 Å². The van der Waals surface area contributed by atoms with Crippen LogP contribution >= 0.6 is 0 Å². The van der Waals surface area contributed by atoms with Gasteiger partial charge in [-0.25, -0.2) is 22.9 Å². The van der Waals surface area contributed by atoms with Crippen molar-refractivity contribution < 1.29 is 32.2 Å². The molecule has 1 unspecified atom stereocenters. The highest BCUT2D eigenvalue weighted by atomic mass is 19.2. The Morgan fingerprint density at radius 1 is 1.00 bits per heavy atom. The molecule has 2 N–H and O–H groups in total. The number of rotatable bonds is 8. The predicted octanol–water partition coefficient (Wildman–Crippen LogP) is 5.63. The van der Waals surface area contributed by atoms with Crippen molar-refractivity contribution in [2.45, 2.75) is 45.9 Å². The number of aromatic nitrogens is 2. The van der Waals surface area contributed by atoms with Crippen molar-refractivity contribution in [3.63, 3.8) is 0 Å². The monoisotopic (exact) mass is 554 g/mol. The molecule has 0 bridgehead atoms. The van der Waals surface area contributed by atoms with Crippen molar-refractivity contribution in [3.8, 4) is 5.75 Å². The highest BCUT2D eigenvalue weighted by Gasteiger charge is 2.25. The minimum absolute atomic E-state index is 0.0473. The number of carbonyl (C=O) groups is 2. The molecular weight excluding hydrogens is 525 g/mol. The number of ether oxygens (including phenoxy) is 2. The van der Waals surface area contributed by atoms with Crippen molar-refractivity contribution >= 4 is 17.6 Å². The standard InChI is InChI=1S/C29H29F3N4O4/c1-17-25(36-13-7-10-24(26(36)34-17)39-16-19-8-5-6-9-20(19)30)27(37)35-23(15-33-28(38)40-29(2,3)4)18-11-12-21(31)22(32)14-18/h5-14,23H,15-16H2,1-4H3,(H,33,38)(H,35,37). The Morgan fingerprint density at radius 2 is 1.75 bits per heavy atom. The third kappa shape index (κ3) is 6.71. The van der Waals surface area contributed by atoms with E-state index in [9.17, 15) is 22.8 Å². The Kier molecular flexibility index (Phi) is 8.32. The number of carbonyl (C=O) groups excluding carboxylic acids is 2. The lowest BCUT2D eigenvalue weighted by atomic mass is 10.1. The normalized spacial score (nSPS) is 12.2. The summed E-state index contributed by atoms with van der Waals surface area (Å²) in [6, 6.07) is 11.8. The minimum Gasteiger partial charge on any atom is -0.485 e. The third-order valence-corrected chi connectivity index (χ3v) is 5.85. The molecule has 0 aliphatic heterocycles. The molecule has 210 valence electrons. The van der Waals surface area contributed by atoms with Crippen LogP contribution in [-0.2, 0) is 11.3 Å². The average Bonchev–Trinajstić information content (AvgIpc) is 3.23. The molecule has 2 aromatic carbocycles. The molecule has 0 radical (unpaired) electrons.